The van der Waals surface area contributed by atoms with Crippen LogP contribution in [0.5, 0.6) is 0 Å². The number of piperidine rings is 1. The zero-order chi connectivity index (χ0) is 16.9. The monoisotopic (exact) mass is 327 g/mol. The lowest BCUT2D eigenvalue weighted by molar-refractivity contribution is -0.140. The maximum absolute atomic E-state index is 12.6. The summed E-state index contributed by atoms with van der Waals surface area (Å²) >= 11 is 0. The van der Waals surface area contributed by atoms with Crippen LogP contribution in [0.4, 0.5) is 0 Å². The minimum absolute atomic E-state index is 0.0501. The first-order valence-electron chi connectivity index (χ1n) is 8.35. The van der Waals surface area contributed by atoms with Crippen LogP contribution >= 0.6 is 0 Å². The largest absolute Gasteiger partial charge is 0.377 e. The Labute approximate surface area is 138 Å². The molecule has 2 amide bonds. The number of hydrogen-bond donors (Lipinski definition) is 1. The summed E-state index contributed by atoms with van der Waals surface area (Å²) in [7, 11) is 1.53. The van der Waals surface area contributed by atoms with Gasteiger partial charge in [-0.25, -0.2) is 0 Å². The zero-order valence-corrected chi connectivity index (χ0v) is 14.3. The molecule has 0 radical (unpaired) electrons. The topological polar surface area (TPSA) is 85.1 Å². The van der Waals surface area contributed by atoms with Gasteiger partial charge in [-0.15, -0.1) is 0 Å². The Hall–Kier alpha value is -1.18. The van der Waals surface area contributed by atoms with Gasteiger partial charge >= 0.3 is 0 Å². The predicted molar refractivity (Wildman–Crippen MR) is 85.8 cm³/mol. The molecule has 0 bridgehead atoms. The van der Waals surface area contributed by atoms with E-state index in [2.05, 4.69) is 11.8 Å². The van der Waals surface area contributed by atoms with Gasteiger partial charge in [0.15, 0.2) is 0 Å². The lowest BCUT2D eigenvalue weighted by Crippen LogP contribution is -2.52. The molecule has 0 unspecified atom stereocenters. The Bertz CT molecular complexity index is 424. The molecule has 0 aromatic rings. The molecule has 0 aromatic carbocycles. The Morgan fingerprint density at radius 2 is 2.00 bits per heavy atom. The average Bonchev–Trinajstić information content (AvgIpc) is 2.72. The molecule has 0 aliphatic carbocycles. The van der Waals surface area contributed by atoms with Gasteiger partial charge in [-0.05, 0) is 31.8 Å². The lowest BCUT2D eigenvalue weighted by atomic mass is 9.98. The van der Waals surface area contributed by atoms with E-state index in [0.29, 0.717) is 26.2 Å². The highest BCUT2D eigenvalue weighted by molar-refractivity contribution is 5.79. The molecule has 2 N–H and O–H groups in total. The van der Waals surface area contributed by atoms with Crippen LogP contribution < -0.4 is 5.73 Å². The summed E-state index contributed by atoms with van der Waals surface area (Å²) in [5.74, 6) is 0.357. The van der Waals surface area contributed by atoms with Crippen molar-refractivity contribution in [2.45, 2.75) is 31.8 Å². The van der Waals surface area contributed by atoms with E-state index in [9.17, 15) is 9.59 Å². The van der Waals surface area contributed by atoms with Gasteiger partial charge in [-0.1, -0.05) is 6.92 Å². The molecular formula is C16H29N3O4. The van der Waals surface area contributed by atoms with Crippen molar-refractivity contribution in [1.29, 1.82) is 0 Å². The summed E-state index contributed by atoms with van der Waals surface area (Å²) in [5, 5.41) is 0. The van der Waals surface area contributed by atoms with E-state index in [-0.39, 0.29) is 18.9 Å². The number of primary amides is 1. The smallest absolute Gasteiger partial charge is 0.236 e. The van der Waals surface area contributed by atoms with Crippen LogP contribution in [-0.4, -0.2) is 80.3 Å². The van der Waals surface area contributed by atoms with Crippen molar-refractivity contribution in [1.82, 2.24) is 9.80 Å². The molecule has 2 aliphatic rings. The Morgan fingerprint density at radius 3 is 2.61 bits per heavy atom. The van der Waals surface area contributed by atoms with Crippen LogP contribution in [0, 0.1) is 5.92 Å². The molecule has 0 aromatic heterocycles. The van der Waals surface area contributed by atoms with E-state index in [1.54, 1.807) is 4.90 Å². The van der Waals surface area contributed by atoms with Gasteiger partial charge in [0.1, 0.15) is 5.60 Å². The quantitative estimate of drug-likeness (QED) is 0.758. The van der Waals surface area contributed by atoms with Gasteiger partial charge in [0.2, 0.25) is 11.8 Å². The normalized spacial score (nSPS) is 27.7. The Kier molecular flexibility index (Phi) is 6.38. The highest BCUT2D eigenvalue weighted by Crippen LogP contribution is 2.21. The third-order valence-electron chi connectivity index (χ3n) is 4.87. The number of amides is 2. The number of likely N-dealkylation sites (tertiary alicyclic amines) is 1. The van der Waals surface area contributed by atoms with Gasteiger partial charge in [-0.2, -0.15) is 0 Å². The lowest BCUT2D eigenvalue weighted by Gasteiger charge is -2.35. The highest BCUT2D eigenvalue weighted by Gasteiger charge is 2.38. The first-order valence-corrected chi connectivity index (χ1v) is 8.35. The molecule has 1 atom stereocenters. The van der Waals surface area contributed by atoms with Crippen molar-refractivity contribution < 1.29 is 19.1 Å². The molecule has 2 aliphatic heterocycles. The van der Waals surface area contributed by atoms with Crippen LogP contribution in [0.2, 0.25) is 0 Å². The van der Waals surface area contributed by atoms with Crippen LogP contribution in [0.25, 0.3) is 0 Å². The summed E-state index contributed by atoms with van der Waals surface area (Å²) in [6.45, 7) is 6.19. The third-order valence-corrected chi connectivity index (χ3v) is 4.87. The van der Waals surface area contributed by atoms with E-state index < -0.39 is 11.5 Å². The molecule has 2 fully saturated rings. The molecule has 2 heterocycles. The first-order chi connectivity index (χ1) is 10.9. The fourth-order valence-electron chi connectivity index (χ4n) is 3.25. The molecule has 2 rings (SSSR count). The SMILES string of the molecule is CO[C@]1(CC(N)=O)COCCN(C(=O)CN2CCC(C)CC2)C1. The molecule has 23 heavy (non-hydrogen) atoms. The summed E-state index contributed by atoms with van der Waals surface area (Å²) in [4.78, 5) is 27.9. The molecule has 132 valence electrons. The number of hydrogen-bond acceptors (Lipinski definition) is 5. The first kappa shape index (κ1) is 18.2. The van der Waals surface area contributed by atoms with Crippen molar-refractivity contribution in [2.75, 3.05) is 53.0 Å². The highest BCUT2D eigenvalue weighted by atomic mass is 16.5. The predicted octanol–water partition coefficient (Wildman–Crippen LogP) is -0.162. The second-order valence-electron chi connectivity index (χ2n) is 6.86. The average molecular weight is 327 g/mol. The second kappa shape index (κ2) is 8.08. The van der Waals surface area contributed by atoms with E-state index in [1.807, 2.05) is 0 Å². The number of nitrogens with zero attached hydrogens (tertiary/aromatic N) is 2. The van der Waals surface area contributed by atoms with E-state index in [1.165, 1.54) is 7.11 Å². The summed E-state index contributed by atoms with van der Waals surface area (Å²) < 4.78 is 11.1. The van der Waals surface area contributed by atoms with Gasteiger partial charge in [0.05, 0.1) is 32.7 Å². The standard InChI is InChI=1S/C16H29N3O4/c1-13-3-5-18(6-4-13)10-15(21)19-7-8-23-12-16(11-19,22-2)9-14(17)20/h13H,3-12H2,1-2H3,(H2,17,20)/t16-/m0/s1. The maximum atomic E-state index is 12.6. The van der Waals surface area contributed by atoms with E-state index in [0.717, 1.165) is 31.8 Å². The van der Waals surface area contributed by atoms with Crippen molar-refractivity contribution in [3.63, 3.8) is 0 Å². The van der Waals surface area contributed by atoms with Crippen molar-refractivity contribution in [2.24, 2.45) is 11.7 Å². The fraction of sp³-hybridized carbons (Fsp3) is 0.875. The molecule has 0 saturated carbocycles. The molecule has 7 nitrogen and oxygen atoms in total. The van der Waals surface area contributed by atoms with Crippen molar-refractivity contribution in [3.8, 4) is 0 Å². The number of methoxy groups -OCH3 is 1. The van der Waals surface area contributed by atoms with Crippen molar-refractivity contribution in [3.05, 3.63) is 0 Å². The number of carbonyl (C=O) groups is 2. The van der Waals surface area contributed by atoms with E-state index in [4.69, 9.17) is 15.2 Å². The number of ether oxygens (including phenoxy) is 2. The molecular weight excluding hydrogens is 298 g/mol. The second-order valence-corrected chi connectivity index (χ2v) is 6.86. The number of nitrogens with two attached hydrogens (primary N) is 1. The maximum Gasteiger partial charge on any atom is 0.236 e. The van der Waals surface area contributed by atoms with Crippen LogP contribution in [-0.2, 0) is 19.1 Å². The van der Waals surface area contributed by atoms with Crippen LogP contribution in [0.3, 0.4) is 0 Å². The van der Waals surface area contributed by atoms with Crippen molar-refractivity contribution >= 4 is 11.8 Å². The minimum Gasteiger partial charge on any atom is -0.377 e. The van der Waals surface area contributed by atoms with Crippen LogP contribution in [0.15, 0.2) is 0 Å². The van der Waals surface area contributed by atoms with Gasteiger partial charge in [0, 0.05) is 13.7 Å². The fourth-order valence-corrected chi connectivity index (χ4v) is 3.25. The molecule has 0 spiro atoms. The molecule has 2 saturated heterocycles. The van der Waals surface area contributed by atoms with E-state index >= 15 is 0 Å². The zero-order valence-electron chi connectivity index (χ0n) is 14.3. The Morgan fingerprint density at radius 1 is 1.30 bits per heavy atom. The number of rotatable bonds is 5. The van der Waals surface area contributed by atoms with Gasteiger partial charge in [0.25, 0.3) is 0 Å². The minimum atomic E-state index is -0.839. The Balaban J connectivity index is 1.96. The summed E-state index contributed by atoms with van der Waals surface area (Å²) in [6.07, 6.45) is 2.33. The van der Waals surface area contributed by atoms with Crippen LogP contribution in [0.1, 0.15) is 26.2 Å². The summed E-state index contributed by atoms with van der Waals surface area (Å²) in [6, 6.07) is 0. The summed E-state index contributed by atoms with van der Waals surface area (Å²) in [5.41, 5.74) is 4.49. The third kappa shape index (κ3) is 5.16. The number of carbonyl (C=O) groups excluding carboxylic acids is 2. The molecule has 7 heteroatoms. The van der Waals surface area contributed by atoms with Gasteiger partial charge in [-0.3, -0.25) is 14.5 Å². The van der Waals surface area contributed by atoms with Gasteiger partial charge < -0.3 is 20.1 Å².